The normalized spacial score (nSPS) is 19.4. The summed E-state index contributed by atoms with van der Waals surface area (Å²) >= 11 is 0. The lowest BCUT2D eigenvalue weighted by atomic mass is 10.0. The fourth-order valence-electron chi connectivity index (χ4n) is 8.66. The van der Waals surface area contributed by atoms with E-state index in [2.05, 4.69) is 187 Å². The Hall–Kier alpha value is -5.00. The minimum absolute atomic E-state index is 0.847. The van der Waals surface area contributed by atoms with E-state index >= 15 is 0 Å². The number of fused-ring (bicyclic) bond motifs is 18. The summed E-state index contributed by atoms with van der Waals surface area (Å²) < 4.78 is 0. The number of rotatable bonds is 0. The molecule has 0 amide bonds. The summed E-state index contributed by atoms with van der Waals surface area (Å²) in [6.45, 7) is 16.5. The zero-order valence-corrected chi connectivity index (χ0v) is 36.5. The van der Waals surface area contributed by atoms with E-state index < -0.39 is 0 Å². The smallest absolute Gasteiger partial charge is 0.0206 e. The second-order valence-corrected chi connectivity index (χ2v) is 16.9. The van der Waals surface area contributed by atoms with Crippen molar-refractivity contribution >= 4 is 0 Å². The molecule has 0 saturated heterocycles. The molecule has 14 bridgehead atoms. The molecule has 9 rings (SSSR count). The minimum Gasteiger partial charge on any atom is -0.311 e. The van der Waals surface area contributed by atoms with Crippen LogP contribution in [0.25, 0.3) is 33.4 Å². The number of nitrogens with zero attached hydrogens (tertiary/aromatic N) is 2. The van der Waals surface area contributed by atoms with Crippen LogP contribution in [0.3, 0.4) is 0 Å². The molecule has 8 heteroatoms. The van der Waals surface area contributed by atoms with Gasteiger partial charge in [-0.25, -0.2) is 0 Å². The van der Waals surface area contributed by atoms with Crippen molar-refractivity contribution < 1.29 is 0 Å². The third kappa shape index (κ3) is 13.5. The van der Waals surface area contributed by atoms with Crippen molar-refractivity contribution in [3.8, 4) is 33.4 Å². The maximum absolute atomic E-state index is 3.77. The minimum atomic E-state index is 0.847. The van der Waals surface area contributed by atoms with Gasteiger partial charge in [0.15, 0.2) is 0 Å². The lowest BCUT2D eigenvalue weighted by molar-refractivity contribution is 0.271. The van der Waals surface area contributed by atoms with Gasteiger partial charge in [0, 0.05) is 118 Å². The van der Waals surface area contributed by atoms with Gasteiger partial charge in [0.2, 0.25) is 0 Å². The fraction of sp³-hybridized carbons (Fsp3) is 0.333. The molecule has 0 unspecified atom stereocenters. The summed E-state index contributed by atoms with van der Waals surface area (Å²) in [5.41, 5.74) is 15.5. The Morgan fingerprint density at radius 2 is 0.419 bits per heavy atom. The fourth-order valence-corrected chi connectivity index (χ4v) is 8.66. The molecule has 62 heavy (non-hydrogen) atoms. The first-order valence-electron chi connectivity index (χ1n) is 22.9. The first kappa shape index (κ1) is 43.6. The molecule has 322 valence electrons. The van der Waals surface area contributed by atoms with Crippen molar-refractivity contribution in [2.45, 2.75) is 39.3 Å². The van der Waals surface area contributed by atoms with E-state index in [0.717, 1.165) is 118 Å². The summed E-state index contributed by atoms with van der Waals surface area (Å²) in [4.78, 5) is 5.18. The van der Waals surface area contributed by atoms with Gasteiger partial charge in [-0.05, 0) is 103 Å². The third-order valence-corrected chi connectivity index (χ3v) is 12.2. The van der Waals surface area contributed by atoms with Crippen LogP contribution in [0.1, 0.15) is 33.4 Å². The summed E-state index contributed by atoms with van der Waals surface area (Å²) in [6, 6.07) is 54.2. The third-order valence-electron chi connectivity index (χ3n) is 12.2. The molecule has 3 aliphatic heterocycles. The van der Waals surface area contributed by atoms with E-state index in [0.29, 0.717) is 0 Å². The molecule has 0 fully saturated rings. The number of hydrogen-bond donors (Lipinski definition) is 6. The maximum atomic E-state index is 3.77. The second kappa shape index (κ2) is 23.4. The number of nitrogens with one attached hydrogen (secondary N) is 6. The van der Waals surface area contributed by atoms with Crippen LogP contribution in [0.15, 0.2) is 146 Å². The van der Waals surface area contributed by atoms with Crippen LogP contribution in [0.5, 0.6) is 0 Å². The average Bonchev–Trinajstić information content (AvgIpc) is 3.31. The predicted molar refractivity (Wildman–Crippen MR) is 259 cm³/mol. The molecular weight excluding hydrogens is 761 g/mol. The molecule has 3 heterocycles. The summed E-state index contributed by atoms with van der Waals surface area (Å²) in [5.74, 6) is 0. The van der Waals surface area contributed by atoms with Crippen molar-refractivity contribution in [3.05, 3.63) is 179 Å². The Bertz CT molecular complexity index is 1870. The molecule has 6 N–H and O–H groups in total. The zero-order valence-electron chi connectivity index (χ0n) is 36.5. The van der Waals surface area contributed by atoms with Crippen LogP contribution < -0.4 is 31.9 Å². The first-order chi connectivity index (χ1) is 30.7. The topological polar surface area (TPSA) is 78.7 Å². The van der Waals surface area contributed by atoms with E-state index in [1.165, 1.54) is 66.8 Å². The van der Waals surface area contributed by atoms with Gasteiger partial charge in [-0.3, -0.25) is 9.80 Å². The number of hydrogen-bond acceptors (Lipinski definition) is 8. The maximum Gasteiger partial charge on any atom is 0.0206 e. The van der Waals surface area contributed by atoms with Gasteiger partial charge < -0.3 is 31.9 Å². The van der Waals surface area contributed by atoms with Gasteiger partial charge in [-0.15, -0.1) is 0 Å². The monoisotopic (exact) mass is 827 g/mol. The molecule has 0 spiro atoms. The lowest BCUT2D eigenvalue weighted by Gasteiger charge is -2.23. The van der Waals surface area contributed by atoms with Crippen molar-refractivity contribution in [1.82, 2.24) is 41.7 Å². The molecule has 0 saturated carbocycles. The summed E-state index contributed by atoms with van der Waals surface area (Å²) in [5, 5.41) is 22.6. The Kier molecular flexibility index (Phi) is 16.5. The SMILES string of the molecule is c1cc2cc(c1)-c1cccc(c1)CNCCN1CCNCc3cccc(c3)-c3cccc(c3)CNCCN(CCNC2)CCNCc2cccc(c2)-c2cccc(c2)CNCC1. The zero-order chi connectivity index (χ0) is 42.0. The standard InChI is InChI=1S/C54H66N8/c1-7-43-31-49(13-1)50-14-2-8-44(32-50)38-56-20-28-62-29-23-59-41-47-11-5-17-53(35-47)51-15-3-9-45(33-51)39-57-21-26-61(25-19-55-37-43)27-22-58-40-46-10-4-16-52(34-46)54-18-6-12-48(36-54)42-60-24-30-62/h1-18,31-36,55-60H,19-30,37-42H2. The summed E-state index contributed by atoms with van der Waals surface area (Å²) in [7, 11) is 0. The van der Waals surface area contributed by atoms with Gasteiger partial charge in [-0.2, -0.15) is 0 Å². The van der Waals surface area contributed by atoms with Crippen LogP contribution in [0.2, 0.25) is 0 Å². The van der Waals surface area contributed by atoms with Crippen LogP contribution in [0, 0.1) is 0 Å². The molecule has 6 aromatic carbocycles. The van der Waals surface area contributed by atoms with Crippen LogP contribution in [-0.4, -0.2) is 88.3 Å². The highest BCUT2D eigenvalue weighted by molar-refractivity contribution is 5.66. The van der Waals surface area contributed by atoms with Crippen LogP contribution in [-0.2, 0) is 39.3 Å². The van der Waals surface area contributed by atoms with Crippen molar-refractivity contribution in [3.63, 3.8) is 0 Å². The Balaban J connectivity index is 1.04. The van der Waals surface area contributed by atoms with E-state index in [1.807, 2.05) is 0 Å². The van der Waals surface area contributed by atoms with Crippen molar-refractivity contribution in [1.29, 1.82) is 0 Å². The highest BCUT2D eigenvalue weighted by Gasteiger charge is 2.10. The lowest BCUT2D eigenvalue weighted by Crippen LogP contribution is -2.40. The second-order valence-electron chi connectivity index (χ2n) is 16.9. The molecule has 0 atom stereocenters. The van der Waals surface area contributed by atoms with Crippen LogP contribution >= 0.6 is 0 Å². The van der Waals surface area contributed by atoms with Gasteiger partial charge in [0.05, 0.1) is 0 Å². The van der Waals surface area contributed by atoms with Gasteiger partial charge >= 0.3 is 0 Å². The van der Waals surface area contributed by atoms with Gasteiger partial charge in [0.25, 0.3) is 0 Å². The highest BCUT2D eigenvalue weighted by Crippen LogP contribution is 2.24. The number of benzene rings is 6. The van der Waals surface area contributed by atoms with E-state index in [-0.39, 0.29) is 0 Å². The van der Waals surface area contributed by atoms with E-state index in [9.17, 15) is 0 Å². The molecule has 8 nitrogen and oxygen atoms in total. The predicted octanol–water partition coefficient (Wildman–Crippen LogP) is 7.26. The van der Waals surface area contributed by atoms with Crippen molar-refractivity contribution in [2.24, 2.45) is 0 Å². The molecule has 0 aromatic heterocycles. The highest BCUT2D eigenvalue weighted by atomic mass is 15.2. The molecular formula is C54H66N8. The summed E-state index contributed by atoms with van der Waals surface area (Å²) in [6.07, 6.45) is 0. The first-order valence-corrected chi connectivity index (χ1v) is 22.9. The Labute approximate surface area is 370 Å². The molecule has 6 aromatic rings. The van der Waals surface area contributed by atoms with Gasteiger partial charge in [0.1, 0.15) is 0 Å². The molecule has 0 aliphatic carbocycles. The molecule has 0 radical (unpaired) electrons. The largest absolute Gasteiger partial charge is 0.311 e. The van der Waals surface area contributed by atoms with Crippen molar-refractivity contribution in [2.75, 3.05) is 78.5 Å². The Morgan fingerprint density at radius 1 is 0.242 bits per heavy atom. The Morgan fingerprint density at radius 3 is 0.597 bits per heavy atom. The van der Waals surface area contributed by atoms with Gasteiger partial charge in [-0.1, -0.05) is 109 Å². The molecule has 3 aliphatic rings. The van der Waals surface area contributed by atoms with E-state index in [1.54, 1.807) is 0 Å². The average molecular weight is 827 g/mol. The quantitative estimate of drug-likeness (QED) is 0.0958. The van der Waals surface area contributed by atoms with E-state index in [4.69, 9.17) is 0 Å². The van der Waals surface area contributed by atoms with Crippen LogP contribution in [0.4, 0.5) is 0 Å².